The van der Waals surface area contributed by atoms with Crippen LogP contribution in [0.5, 0.6) is 0 Å². The van der Waals surface area contributed by atoms with E-state index in [0.29, 0.717) is 17.7 Å². The first-order chi connectivity index (χ1) is 11.3. The number of pyridine rings is 1. The Bertz CT molecular complexity index is 649. The number of aliphatic hydroxyl groups excluding tert-OH is 1. The van der Waals surface area contributed by atoms with Crippen LogP contribution in [0.1, 0.15) is 48.0 Å². The second kappa shape index (κ2) is 8.04. The van der Waals surface area contributed by atoms with Crippen molar-refractivity contribution in [3.05, 3.63) is 65.5 Å². The summed E-state index contributed by atoms with van der Waals surface area (Å²) in [5.74, 6) is -0.237. The molecule has 0 aliphatic heterocycles. The maximum atomic E-state index is 12.1. The van der Waals surface area contributed by atoms with Crippen molar-refractivity contribution in [3.8, 4) is 0 Å². The highest BCUT2D eigenvalue weighted by Gasteiger charge is 2.13. The molecule has 0 unspecified atom stereocenters. The second-order valence-electron chi connectivity index (χ2n) is 6.49. The SMILES string of the molecule is CC(C)(O)CCc1ccc(C(=O)NC[C@@H](O)c2ccccn2)cc1. The van der Waals surface area contributed by atoms with Gasteiger partial charge in [0, 0.05) is 18.3 Å². The quantitative estimate of drug-likeness (QED) is 0.728. The van der Waals surface area contributed by atoms with Crippen molar-refractivity contribution >= 4 is 5.91 Å². The molecule has 2 rings (SSSR count). The molecule has 5 heteroatoms. The lowest BCUT2D eigenvalue weighted by molar-refractivity contribution is 0.0713. The monoisotopic (exact) mass is 328 g/mol. The molecular formula is C19H24N2O3. The molecule has 0 saturated heterocycles. The number of aryl methyl sites for hydroxylation is 1. The van der Waals surface area contributed by atoms with Gasteiger partial charge in [0.15, 0.2) is 0 Å². The van der Waals surface area contributed by atoms with Crippen molar-refractivity contribution in [2.75, 3.05) is 6.54 Å². The number of aromatic nitrogens is 1. The number of nitrogens with one attached hydrogen (secondary N) is 1. The number of nitrogens with zero attached hydrogens (tertiary/aromatic N) is 1. The summed E-state index contributed by atoms with van der Waals surface area (Å²) in [6.07, 6.45) is 2.19. The van der Waals surface area contributed by atoms with Gasteiger partial charge in [0.25, 0.3) is 5.91 Å². The maximum absolute atomic E-state index is 12.1. The Kier molecular flexibility index (Phi) is 6.06. The van der Waals surface area contributed by atoms with E-state index in [4.69, 9.17) is 0 Å². The summed E-state index contributed by atoms with van der Waals surface area (Å²) in [5.41, 5.74) is 1.44. The van der Waals surface area contributed by atoms with Gasteiger partial charge in [0.05, 0.1) is 11.3 Å². The van der Waals surface area contributed by atoms with Crippen molar-refractivity contribution in [2.45, 2.75) is 38.4 Å². The first kappa shape index (κ1) is 18.1. The lowest BCUT2D eigenvalue weighted by Crippen LogP contribution is -2.28. The van der Waals surface area contributed by atoms with E-state index in [9.17, 15) is 15.0 Å². The fourth-order valence-electron chi connectivity index (χ4n) is 2.24. The van der Waals surface area contributed by atoms with E-state index >= 15 is 0 Å². The summed E-state index contributed by atoms with van der Waals surface area (Å²) in [4.78, 5) is 16.2. The molecule has 1 heterocycles. The van der Waals surface area contributed by atoms with Crippen LogP contribution in [0.3, 0.4) is 0 Å². The van der Waals surface area contributed by atoms with Crippen LogP contribution < -0.4 is 5.32 Å². The highest BCUT2D eigenvalue weighted by molar-refractivity contribution is 5.94. The lowest BCUT2D eigenvalue weighted by atomic mass is 9.98. The van der Waals surface area contributed by atoms with Gasteiger partial charge in [-0.25, -0.2) is 0 Å². The van der Waals surface area contributed by atoms with Gasteiger partial charge in [-0.05, 0) is 56.5 Å². The van der Waals surface area contributed by atoms with Crippen LogP contribution in [0, 0.1) is 0 Å². The van der Waals surface area contributed by atoms with Crippen molar-refractivity contribution in [2.24, 2.45) is 0 Å². The molecule has 128 valence electrons. The minimum atomic E-state index is -0.832. The maximum Gasteiger partial charge on any atom is 0.251 e. The fraction of sp³-hybridized carbons (Fsp3) is 0.368. The molecule has 0 radical (unpaired) electrons. The van der Waals surface area contributed by atoms with Crippen LogP contribution >= 0.6 is 0 Å². The molecule has 0 fully saturated rings. The Morgan fingerprint density at radius 1 is 1.21 bits per heavy atom. The molecular weight excluding hydrogens is 304 g/mol. The van der Waals surface area contributed by atoms with Gasteiger partial charge in [0.1, 0.15) is 6.10 Å². The van der Waals surface area contributed by atoms with Crippen LogP contribution in [0.25, 0.3) is 0 Å². The lowest BCUT2D eigenvalue weighted by Gasteiger charge is -2.16. The van der Waals surface area contributed by atoms with E-state index in [-0.39, 0.29) is 12.5 Å². The van der Waals surface area contributed by atoms with Gasteiger partial charge in [-0.3, -0.25) is 9.78 Å². The summed E-state index contributed by atoms with van der Waals surface area (Å²) >= 11 is 0. The highest BCUT2D eigenvalue weighted by atomic mass is 16.3. The minimum Gasteiger partial charge on any atom is -0.390 e. The zero-order valence-corrected chi connectivity index (χ0v) is 14.1. The predicted molar refractivity (Wildman–Crippen MR) is 92.6 cm³/mol. The van der Waals surface area contributed by atoms with Crippen LogP contribution in [0.4, 0.5) is 0 Å². The standard InChI is InChI=1S/C19H24N2O3/c1-19(2,24)11-10-14-6-8-15(9-7-14)18(23)21-13-17(22)16-5-3-4-12-20-16/h3-9,12,17,22,24H,10-11,13H2,1-2H3,(H,21,23)/t17-/m1/s1. The number of carbonyl (C=O) groups excluding carboxylic acids is 1. The van der Waals surface area contributed by atoms with E-state index in [1.807, 2.05) is 12.1 Å². The number of hydrogen-bond donors (Lipinski definition) is 3. The first-order valence-electron chi connectivity index (χ1n) is 8.04. The molecule has 0 aliphatic carbocycles. The van der Waals surface area contributed by atoms with Crippen LogP contribution in [-0.4, -0.2) is 33.3 Å². The van der Waals surface area contributed by atoms with E-state index < -0.39 is 11.7 Å². The fourth-order valence-corrected chi connectivity index (χ4v) is 2.24. The summed E-state index contributed by atoms with van der Waals surface area (Å²) in [6.45, 7) is 3.67. The van der Waals surface area contributed by atoms with Gasteiger partial charge < -0.3 is 15.5 Å². The van der Waals surface area contributed by atoms with Gasteiger partial charge >= 0.3 is 0 Å². The summed E-state index contributed by atoms with van der Waals surface area (Å²) in [6, 6.07) is 12.6. The van der Waals surface area contributed by atoms with Crippen molar-refractivity contribution in [3.63, 3.8) is 0 Å². The molecule has 2 aromatic rings. The molecule has 0 aliphatic rings. The van der Waals surface area contributed by atoms with Crippen LogP contribution in [0.2, 0.25) is 0 Å². The third kappa shape index (κ3) is 5.76. The molecule has 1 aromatic carbocycles. The van der Waals surface area contributed by atoms with Crippen molar-refractivity contribution in [1.29, 1.82) is 0 Å². The zero-order chi connectivity index (χ0) is 17.6. The summed E-state index contributed by atoms with van der Waals surface area (Å²) < 4.78 is 0. The molecule has 24 heavy (non-hydrogen) atoms. The Hall–Kier alpha value is -2.24. The van der Waals surface area contributed by atoms with E-state index in [2.05, 4.69) is 10.3 Å². The minimum absolute atomic E-state index is 0.107. The molecule has 0 bridgehead atoms. The van der Waals surface area contributed by atoms with Gasteiger partial charge in [0.2, 0.25) is 0 Å². The second-order valence-corrected chi connectivity index (χ2v) is 6.49. The van der Waals surface area contributed by atoms with E-state index in [1.54, 1.807) is 50.4 Å². The van der Waals surface area contributed by atoms with Gasteiger partial charge in [-0.1, -0.05) is 18.2 Å². The average molecular weight is 328 g/mol. The van der Waals surface area contributed by atoms with E-state index in [0.717, 1.165) is 12.0 Å². The number of benzene rings is 1. The van der Waals surface area contributed by atoms with Crippen molar-refractivity contribution in [1.82, 2.24) is 10.3 Å². The summed E-state index contributed by atoms with van der Waals surface area (Å²) in [7, 11) is 0. The number of amides is 1. The zero-order valence-electron chi connectivity index (χ0n) is 14.1. The van der Waals surface area contributed by atoms with E-state index in [1.165, 1.54) is 0 Å². The molecule has 3 N–H and O–H groups in total. The molecule has 0 saturated carbocycles. The Balaban J connectivity index is 1.86. The number of carbonyl (C=O) groups is 1. The Morgan fingerprint density at radius 2 is 1.92 bits per heavy atom. The largest absolute Gasteiger partial charge is 0.390 e. The molecule has 1 atom stereocenters. The topological polar surface area (TPSA) is 82.5 Å². The molecule has 1 amide bonds. The Morgan fingerprint density at radius 3 is 2.50 bits per heavy atom. The molecule has 0 spiro atoms. The summed E-state index contributed by atoms with van der Waals surface area (Å²) in [5, 5.41) is 22.5. The predicted octanol–water partition coefficient (Wildman–Crippen LogP) is 2.25. The van der Waals surface area contributed by atoms with Crippen LogP contribution in [0.15, 0.2) is 48.7 Å². The highest BCUT2D eigenvalue weighted by Crippen LogP contribution is 2.14. The number of aliphatic hydroxyl groups is 2. The number of rotatable bonds is 7. The van der Waals surface area contributed by atoms with Crippen molar-refractivity contribution < 1.29 is 15.0 Å². The van der Waals surface area contributed by atoms with Gasteiger partial charge in [-0.2, -0.15) is 0 Å². The Labute approximate surface area is 142 Å². The first-order valence-corrected chi connectivity index (χ1v) is 8.04. The number of hydrogen-bond acceptors (Lipinski definition) is 4. The third-order valence-corrected chi connectivity index (χ3v) is 3.73. The van der Waals surface area contributed by atoms with Gasteiger partial charge in [-0.15, -0.1) is 0 Å². The smallest absolute Gasteiger partial charge is 0.251 e. The normalized spacial score (nSPS) is 12.7. The molecule has 1 aromatic heterocycles. The van der Waals surface area contributed by atoms with Crippen LogP contribution in [-0.2, 0) is 6.42 Å². The molecule has 5 nitrogen and oxygen atoms in total. The average Bonchev–Trinajstić information content (AvgIpc) is 2.58. The third-order valence-electron chi connectivity index (χ3n) is 3.73.